The highest BCUT2D eigenvalue weighted by molar-refractivity contribution is 5.37. The zero-order valence-corrected chi connectivity index (χ0v) is 32.1. The lowest BCUT2D eigenvalue weighted by Crippen LogP contribution is -2.34. The predicted octanol–water partition coefficient (Wildman–Crippen LogP) is 5.95. The van der Waals surface area contributed by atoms with Crippen molar-refractivity contribution in [1.82, 2.24) is 69.8 Å². The van der Waals surface area contributed by atoms with Crippen LogP contribution in [0.2, 0.25) is 0 Å². The molecule has 14 nitrogen and oxygen atoms in total. The molecule has 0 saturated carbocycles. The van der Waals surface area contributed by atoms with E-state index in [-0.39, 0.29) is 0 Å². The first-order valence-electron chi connectivity index (χ1n) is 18.7. The molecule has 4 aromatic heterocycles. The van der Waals surface area contributed by atoms with Crippen molar-refractivity contribution in [1.29, 1.82) is 0 Å². The smallest absolute Gasteiger partial charge is 0.0971 e. The molecule has 4 heterocycles. The monoisotopic (exact) mass is 744 g/mol. The van der Waals surface area contributed by atoms with Crippen LogP contribution in [0, 0.1) is 27.7 Å². The molecule has 0 spiro atoms. The highest BCUT2D eigenvalue weighted by Gasteiger charge is 2.18. The van der Waals surface area contributed by atoms with E-state index < -0.39 is 0 Å². The Morgan fingerprint density at radius 3 is 0.857 bits per heavy atom. The Labute approximate surface area is 325 Å². The molecule has 0 fully saturated rings. The van der Waals surface area contributed by atoms with Crippen molar-refractivity contribution in [2.45, 2.75) is 53.9 Å². The quantitative estimate of drug-likeness (QED) is 0.124. The fourth-order valence-electron chi connectivity index (χ4n) is 6.70. The fourth-order valence-corrected chi connectivity index (χ4v) is 6.70. The first kappa shape index (κ1) is 36.3. The molecule has 56 heavy (non-hydrogen) atoms. The third kappa shape index (κ3) is 9.00. The summed E-state index contributed by atoms with van der Waals surface area (Å²) in [6, 6.07) is 33.0. The summed E-state index contributed by atoms with van der Waals surface area (Å²) >= 11 is 0. The number of nitrogens with zero attached hydrogens (tertiary/aromatic N) is 14. The first-order chi connectivity index (χ1) is 27.3. The number of aromatic nitrogens is 12. The van der Waals surface area contributed by atoms with E-state index in [9.17, 15) is 0 Å². The molecule has 0 saturated heterocycles. The Kier molecular flexibility index (Phi) is 10.6. The van der Waals surface area contributed by atoms with Crippen LogP contribution >= 0.6 is 0 Å². The number of hydrogen-bond acceptors (Lipinski definition) is 10. The molecule has 8 aromatic rings. The normalized spacial score (nSPS) is 11.6. The van der Waals surface area contributed by atoms with E-state index in [0.717, 1.165) is 67.8 Å². The second-order valence-electron chi connectivity index (χ2n) is 14.4. The minimum atomic E-state index is 0.560. The van der Waals surface area contributed by atoms with E-state index in [1.807, 2.05) is 92.0 Å². The van der Waals surface area contributed by atoms with E-state index in [0.29, 0.717) is 39.3 Å². The first-order valence-corrected chi connectivity index (χ1v) is 18.7. The topological polar surface area (TPSA) is 129 Å². The van der Waals surface area contributed by atoms with Crippen LogP contribution in [-0.4, -0.2) is 82.9 Å². The lowest BCUT2D eigenvalue weighted by atomic mass is 10.2. The van der Waals surface area contributed by atoms with Crippen molar-refractivity contribution in [3.63, 3.8) is 0 Å². The van der Waals surface area contributed by atoms with Crippen molar-refractivity contribution < 1.29 is 0 Å². The van der Waals surface area contributed by atoms with E-state index >= 15 is 0 Å². The second kappa shape index (κ2) is 16.4. The van der Waals surface area contributed by atoms with Gasteiger partial charge in [0.15, 0.2) is 0 Å². The van der Waals surface area contributed by atoms with Crippen molar-refractivity contribution in [3.8, 4) is 22.7 Å². The molecular formula is C42H44N14. The number of hydrogen-bond donors (Lipinski definition) is 0. The molecule has 0 aliphatic rings. The van der Waals surface area contributed by atoms with Gasteiger partial charge in [-0.05, 0) is 98.5 Å². The van der Waals surface area contributed by atoms with Crippen molar-refractivity contribution in [3.05, 3.63) is 167 Å². The van der Waals surface area contributed by atoms with Crippen LogP contribution in [0.3, 0.4) is 0 Å². The summed E-state index contributed by atoms with van der Waals surface area (Å²) in [5.74, 6) is 0. The molecular weight excluding hydrogens is 701 g/mol. The van der Waals surface area contributed by atoms with Gasteiger partial charge >= 0.3 is 0 Å². The van der Waals surface area contributed by atoms with Gasteiger partial charge in [-0.2, -0.15) is 0 Å². The van der Waals surface area contributed by atoms with Gasteiger partial charge in [-0.15, -0.1) is 20.4 Å². The van der Waals surface area contributed by atoms with Crippen LogP contribution in [-0.2, 0) is 26.2 Å². The zero-order valence-electron chi connectivity index (χ0n) is 32.1. The summed E-state index contributed by atoms with van der Waals surface area (Å²) in [6.07, 6.45) is 7.99. The van der Waals surface area contributed by atoms with Crippen molar-refractivity contribution in [2.75, 3.05) is 13.1 Å². The van der Waals surface area contributed by atoms with Crippen LogP contribution in [0.5, 0.6) is 0 Å². The molecule has 0 atom stereocenters. The molecule has 8 rings (SSSR count). The van der Waals surface area contributed by atoms with Gasteiger partial charge in [-0.3, -0.25) is 9.80 Å². The third-order valence-electron chi connectivity index (χ3n) is 9.50. The third-order valence-corrected chi connectivity index (χ3v) is 9.50. The van der Waals surface area contributed by atoms with Gasteiger partial charge in [0.1, 0.15) is 0 Å². The summed E-state index contributed by atoms with van der Waals surface area (Å²) in [7, 11) is 0. The molecule has 0 N–H and O–H groups in total. The average molecular weight is 745 g/mol. The van der Waals surface area contributed by atoms with Gasteiger partial charge in [-0.25, -0.2) is 18.7 Å². The highest BCUT2D eigenvalue weighted by atomic mass is 15.5. The predicted molar refractivity (Wildman–Crippen MR) is 213 cm³/mol. The number of aryl methyl sites for hydroxylation is 4. The van der Waals surface area contributed by atoms with Gasteiger partial charge in [0.25, 0.3) is 0 Å². The molecule has 14 heteroatoms. The maximum atomic E-state index is 4.58. The van der Waals surface area contributed by atoms with E-state index in [1.54, 1.807) is 0 Å². The van der Waals surface area contributed by atoms with E-state index in [1.165, 1.54) is 0 Å². The van der Waals surface area contributed by atoms with Crippen LogP contribution in [0.4, 0.5) is 0 Å². The molecule has 0 unspecified atom stereocenters. The Hall–Kier alpha value is -6.64. The maximum Gasteiger partial charge on any atom is 0.0971 e. The summed E-state index contributed by atoms with van der Waals surface area (Å²) in [6.45, 7) is 11.9. The van der Waals surface area contributed by atoms with Gasteiger partial charge in [-0.1, -0.05) is 69.4 Å². The molecule has 4 aromatic carbocycles. The van der Waals surface area contributed by atoms with Gasteiger partial charge in [0, 0.05) is 39.3 Å². The maximum absolute atomic E-state index is 4.58. The van der Waals surface area contributed by atoms with Crippen molar-refractivity contribution >= 4 is 0 Å². The van der Waals surface area contributed by atoms with Crippen LogP contribution in [0.25, 0.3) is 22.7 Å². The van der Waals surface area contributed by atoms with Crippen LogP contribution in [0.1, 0.15) is 45.0 Å². The Morgan fingerprint density at radius 2 is 0.625 bits per heavy atom. The lowest BCUT2D eigenvalue weighted by molar-refractivity contribution is 0.177. The molecule has 0 radical (unpaired) electrons. The summed E-state index contributed by atoms with van der Waals surface area (Å²) in [5.41, 5.74) is 12.0. The van der Waals surface area contributed by atoms with Gasteiger partial charge in [0.05, 0.1) is 70.3 Å². The van der Waals surface area contributed by atoms with Gasteiger partial charge in [0.2, 0.25) is 0 Å². The Balaban J connectivity index is 1.05. The van der Waals surface area contributed by atoms with Crippen LogP contribution < -0.4 is 0 Å². The molecule has 282 valence electrons. The SMILES string of the molecule is Cc1cccc(-n2cc(CN(CCN(Cc3cn(-c4cccc(C)c4)nn3)Cc3cn(-c4cccc(C)c4)nn3)Cc3cn(-c4cccc(C)c4)nn3)nn2)c1. The standard InChI is InChI=1S/C42H44N14/c1-31-9-5-13-39(19-31)53-27-35(43-47-53)23-51(24-36-28-54(48-44-36)40-14-6-10-32(2)20-40)17-18-52(25-37-29-55(49-45-37)41-15-7-11-33(3)21-41)26-38-30-56(50-46-38)42-16-8-12-34(4)22-42/h5-16,19-22,27-30H,17-18,23-26H2,1-4H3. The van der Waals surface area contributed by atoms with Crippen LogP contribution in [0.15, 0.2) is 122 Å². The molecule has 0 aliphatic heterocycles. The highest BCUT2D eigenvalue weighted by Crippen LogP contribution is 2.17. The fraction of sp³-hybridized carbons (Fsp3) is 0.238. The largest absolute Gasteiger partial charge is 0.290 e. The molecule has 0 bridgehead atoms. The average Bonchev–Trinajstić information content (AvgIpc) is 4.03. The van der Waals surface area contributed by atoms with Gasteiger partial charge < -0.3 is 0 Å². The Bertz CT molecular complexity index is 2190. The zero-order chi connectivity index (χ0) is 38.4. The summed E-state index contributed by atoms with van der Waals surface area (Å²) in [5, 5.41) is 36.2. The second-order valence-corrected chi connectivity index (χ2v) is 14.4. The Morgan fingerprint density at radius 1 is 0.375 bits per heavy atom. The number of rotatable bonds is 15. The number of benzene rings is 4. The molecule has 0 amide bonds. The summed E-state index contributed by atoms with van der Waals surface area (Å²) in [4.78, 5) is 4.66. The minimum absolute atomic E-state index is 0.560. The van der Waals surface area contributed by atoms with E-state index in [2.05, 4.69) is 127 Å². The van der Waals surface area contributed by atoms with Crippen molar-refractivity contribution in [2.24, 2.45) is 0 Å². The molecule has 0 aliphatic carbocycles. The van der Waals surface area contributed by atoms with E-state index in [4.69, 9.17) is 0 Å². The minimum Gasteiger partial charge on any atom is -0.290 e. The lowest BCUT2D eigenvalue weighted by Gasteiger charge is -2.25. The summed E-state index contributed by atoms with van der Waals surface area (Å²) < 4.78 is 7.32.